The number of nitrogens with one attached hydrogen (secondary N) is 2. The molecule has 3 aromatic rings. The lowest BCUT2D eigenvalue weighted by Gasteiger charge is -2.16. The number of halogens is 1. The highest BCUT2D eigenvalue weighted by Crippen LogP contribution is 2.29. The standard InChI is InChI=1S/C24H19FN4O/c1-30-23(16-7-10-18(25)11-8-16)20-15-17(9-12-21(20)26)22-13-14-27-24(29-22)28-19-5-3-2-4-6-19/h2-15,26H,1H3,(H,27,28,29)/b23-20-,26-21?. The first kappa shape index (κ1) is 19.3. The molecule has 0 fully saturated rings. The molecule has 0 spiro atoms. The van der Waals surface area contributed by atoms with Crippen LogP contribution in [0.4, 0.5) is 16.0 Å². The average molecular weight is 398 g/mol. The number of aromatic nitrogens is 2. The second kappa shape index (κ2) is 8.53. The second-order valence-corrected chi connectivity index (χ2v) is 6.56. The zero-order valence-electron chi connectivity index (χ0n) is 16.3. The van der Waals surface area contributed by atoms with Gasteiger partial charge >= 0.3 is 0 Å². The van der Waals surface area contributed by atoms with Gasteiger partial charge in [-0.2, -0.15) is 0 Å². The molecule has 0 atom stereocenters. The Labute approximate surface area is 173 Å². The molecule has 0 saturated heterocycles. The van der Waals surface area contributed by atoms with Gasteiger partial charge in [-0.1, -0.05) is 24.3 Å². The summed E-state index contributed by atoms with van der Waals surface area (Å²) >= 11 is 0. The van der Waals surface area contributed by atoms with Crippen molar-refractivity contribution in [2.24, 2.45) is 0 Å². The number of nitrogens with zero attached hydrogens (tertiary/aromatic N) is 2. The highest BCUT2D eigenvalue weighted by atomic mass is 19.1. The summed E-state index contributed by atoms with van der Waals surface area (Å²) in [6.07, 6.45) is 7.06. The molecule has 1 aromatic heterocycles. The summed E-state index contributed by atoms with van der Waals surface area (Å²) in [5.74, 6) is 0.650. The zero-order valence-corrected chi connectivity index (χ0v) is 16.3. The first-order valence-electron chi connectivity index (χ1n) is 9.32. The Morgan fingerprint density at radius 3 is 2.50 bits per heavy atom. The lowest BCUT2D eigenvalue weighted by molar-refractivity contribution is 0.369. The molecule has 5 nitrogen and oxygen atoms in total. The van der Waals surface area contributed by atoms with E-state index in [1.54, 1.807) is 24.4 Å². The van der Waals surface area contributed by atoms with Gasteiger partial charge in [0, 0.05) is 28.6 Å². The fourth-order valence-electron chi connectivity index (χ4n) is 3.11. The van der Waals surface area contributed by atoms with Crippen LogP contribution in [0, 0.1) is 11.2 Å². The Kier molecular flexibility index (Phi) is 5.48. The normalized spacial score (nSPS) is 14.9. The second-order valence-electron chi connectivity index (χ2n) is 6.56. The number of para-hydroxylation sites is 1. The monoisotopic (exact) mass is 398 g/mol. The SMILES string of the molecule is CO/C(=C1/C=C(c2ccnc(Nc3ccccc3)n2)C=CC1=N)c1ccc(F)cc1. The quantitative estimate of drug-likeness (QED) is 0.565. The summed E-state index contributed by atoms with van der Waals surface area (Å²) in [7, 11) is 1.54. The van der Waals surface area contributed by atoms with Crippen molar-refractivity contribution < 1.29 is 9.13 Å². The maximum atomic E-state index is 13.3. The van der Waals surface area contributed by atoms with E-state index < -0.39 is 0 Å². The molecule has 0 saturated carbocycles. The molecule has 2 aromatic carbocycles. The van der Waals surface area contributed by atoms with Crippen LogP contribution in [0.1, 0.15) is 11.3 Å². The fraction of sp³-hybridized carbons (Fsp3) is 0.0417. The molecule has 0 aliphatic heterocycles. The Morgan fingerprint density at radius 1 is 1.00 bits per heavy atom. The van der Waals surface area contributed by atoms with Gasteiger partial charge < -0.3 is 15.5 Å². The number of ether oxygens (including phenoxy) is 1. The Bertz CT molecular complexity index is 1170. The first-order valence-corrected chi connectivity index (χ1v) is 9.32. The van der Waals surface area contributed by atoms with Crippen LogP contribution in [0.25, 0.3) is 11.3 Å². The van der Waals surface area contributed by atoms with Crippen LogP contribution in [-0.4, -0.2) is 22.8 Å². The molecule has 0 radical (unpaired) electrons. The van der Waals surface area contributed by atoms with E-state index in [0.29, 0.717) is 34.2 Å². The summed E-state index contributed by atoms with van der Waals surface area (Å²) in [6.45, 7) is 0. The van der Waals surface area contributed by atoms with Crippen molar-refractivity contribution in [3.63, 3.8) is 0 Å². The van der Waals surface area contributed by atoms with Crippen LogP contribution in [0.15, 0.2) is 90.7 Å². The fourth-order valence-corrected chi connectivity index (χ4v) is 3.11. The van der Waals surface area contributed by atoms with Gasteiger partial charge in [-0.25, -0.2) is 14.4 Å². The first-order chi connectivity index (χ1) is 14.6. The van der Waals surface area contributed by atoms with Crippen LogP contribution in [-0.2, 0) is 4.74 Å². The maximum absolute atomic E-state index is 13.3. The van der Waals surface area contributed by atoms with Gasteiger partial charge in [-0.3, -0.25) is 0 Å². The van der Waals surface area contributed by atoms with E-state index in [1.807, 2.05) is 48.6 Å². The van der Waals surface area contributed by atoms with Gasteiger partial charge in [0.2, 0.25) is 5.95 Å². The van der Waals surface area contributed by atoms with E-state index >= 15 is 0 Å². The van der Waals surface area contributed by atoms with Gasteiger partial charge in [0.25, 0.3) is 0 Å². The third-order valence-corrected chi connectivity index (χ3v) is 4.56. The number of methoxy groups -OCH3 is 1. The van der Waals surface area contributed by atoms with E-state index in [0.717, 1.165) is 11.3 Å². The molecule has 4 rings (SSSR count). The minimum absolute atomic E-state index is 0.302. The highest BCUT2D eigenvalue weighted by molar-refractivity contribution is 6.16. The van der Waals surface area contributed by atoms with Crippen molar-refractivity contribution in [2.45, 2.75) is 0 Å². The van der Waals surface area contributed by atoms with Gasteiger partial charge in [-0.05, 0) is 54.6 Å². The number of anilines is 2. The van der Waals surface area contributed by atoms with Crippen LogP contribution >= 0.6 is 0 Å². The van der Waals surface area contributed by atoms with Crippen LogP contribution in [0.3, 0.4) is 0 Å². The number of benzene rings is 2. The lowest BCUT2D eigenvalue weighted by atomic mass is 9.95. The summed E-state index contributed by atoms with van der Waals surface area (Å²) in [5.41, 5.74) is 4.01. The number of hydrogen-bond donors (Lipinski definition) is 2. The molecular formula is C24H19FN4O. The van der Waals surface area contributed by atoms with E-state index in [1.165, 1.54) is 19.2 Å². The third kappa shape index (κ3) is 4.17. The summed E-state index contributed by atoms with van der Waals surface area (Å²) < 4.78 is 18.9. The highest BCUT2D eigenvalue weighted by Gasteiger charge is 2.17. The number of hydrogen-bond acceptors (Lipinski definition) is 5. The topological polar surface area (TPSA) is 70.9 Å². The van der Waals surface area contributed by atoms with Crippen LogP contribution in [0.5, 0.6) is 0 Å². The minimum atomic E-state index is -0.325. The van der Waals surface area contributed by atoms with Crippen molar-refractivity contribution in [3.05, 3.63) is 108 Å². The van der Waals surface area contributed by atoms with Crippen LogP contribution < -0.4 is 5.32 Å². The number of rotatable bonds is 5. The predicted octanol–water partition coefficient (Wildman–Crippen LogP) is 5.39. The van der Waals surface area contributed by atoms with Gasteiger partial charge in [-0.15, -0.1) is 0 Å². The third-order valence-electron chi connectivity index (χ3n) is 4.56. The molecule has 0 unspecified atom stereocenters. The van der Waals surface area contributed by atoms with E-state index in [2.05, 4.69) is 15.3 Å². The summed E-state index contributed by atoms with van der Waals surface area (Å²) in [6, 6.07) is 17.5. The Balaban J connectivity index is 1.71. The molecule has 148 valence electrons. The van der Waals surface area contributed by atoms with Gasteiger partial charge in [0.1, 0.15) is 11.6 Å². The zero-order chi connectivity index (χ0) is 20.9. The van der Waals surface area contributed by atoms with Crippen molar-refractivity contribution in [3.8, 4) is 0 Å². The van der Waals surface area contributed by atoms with Crippen molar-refractivity contribution in [1.29, 1.82) is 5.41 Å². The molecule has 1 aliphatic carbocycles. The van der Waals surface area contributed by atoms with Gasteiger partial charge in [0.05, 0.1) is 18.5 Å². The van der Waals surface area contributed by atoms with Crippen molar-refractivity contribution >= 4 is 28.7 Å². The summed E-state index contributed by atoms with van der Waals surface area (Å²) in [5, 5.41) is 11.5. The largest absolute Gasteiger partial charge is 0.495 e. The van der Waals surface area contributed by atoms with Gasteiger partial charge in [0.15, 0.2) is 0 Å². The molecule has 0 bridgehead atoms. The number of allylic oxidation sites excluding steroid dienone is 5. The Hall–Kier alpha value is -4.06. The molecule has 2 N–H and O–H groups in total. The molecule has 1 aliphatic rings. The average Bonchev–Trinajstić information content (AvgIpc) is 2.78. The maximum Gasteiger partial charge on any atom is 0.227 e. The van der Waals surface area contributed by atoms with Crippen molar-refractivity contribution in [2.75, 3.05) is 12.4 Å². The smallest absolute Gasteiger partial charge is 0.227 e. The summed E-state index contributed by atoms with van der Waals surface area (Å²) in [4.78, 5) is 8.88. The lowest BCUT2D eigenvalue weighted by Crippen LogP contribution is -2.07. The molecule has 1 heterocycles. The Morgan fingerprint density at radius 2 is 1.77 bits per heavy atom. The molecule has 0 amide bonds. The van der Waals surface area contributed by atoms with Crippen molar-refractivity contribution in [1.82, 2.24) is 9.97 Å². The minimum Gasteiger partial charge on any atom is -0.495 e. The molecule has 6 heteroatoms. The van der Waals surface area contributed by atoms with E-state index in [9.17, 15) is 4.39 Å². The van der Waals surface area contributed by atoms with E-state index in [4.69, 9.17) is 10.1 Å². The molecule has 30 heavy (non-hydrogen) atoms. The molecular weight excluding hydrogens is 379 g/mol. The predicted molar refractivity (Wildman–Crippen MR) is 117 cm³/mol. The van der Waals surface area contributed by atoms with Crippen LogP contribution in [0.2, 0.25) is 0 Å². The van der Waals surface area contributed by atoms with E-state index in [-0.39, 0.29) is 5.82 Å².